The van der Waals surface area contributed by atoms with Crippen LogP contribution < -0.4 is 5.32 Å². The Morgan fingerprint density at radius 1 is 0.974 bits per heavy atom. The molecular formula is C29H27N3O6S. The summed E-state index contributed by atoms with van der Waals surface area (Å²) in [4.78, 5) is 55.4. The van der Waals surface area contributed by atoms with Crippen LogP contribution in [0.2, 0.25) is 0 Å². The third kappa shape index (κ3) is 7.32. The number of aromatic carboxylic acids is 1. The number of anilines is 1. The van der Waals surface area contributed by atoms with E-state index in [0.29, 0.717) is 35.1 Å². The molecule has 200 valence electrons. The molecule has 2 amide bonds. The molecule has 0 radical (unpaired) electrons. The van der Waals surface area contributed by atoms with E-state index >= 15 is 0 Å². The lowest BCUT2D eigenvalue weighted by molar-refractivity contribution is -0.128. The van der Waals surface area contributed by atoms with Gasteiger partial charge in [-0.15, -0.1) is 0 Å². The van der Waals surface area contributed by atoms with Crippen molar-refractivity contribution in [3.63, 3.8) is 0 Å². The number of ether oxygens (including phenoxy) is 1. The summed E-state index contributed by atoms with van der Waals surface area (Å²) < 4.78 is 5.02. The summed E-state index contributed by atoms with van der Waals surface area (Å²) in [5.74, 6) is -2.06. The lowest BCUT2D eigenvalue weighted by atomic mass is 10.1. The van der Waals surface area contributed by atoms with E-state index in [1.165, 1.54) is 36.0 Å². The predicted octanol–water partition coefficient (Wildman–Crippen LogP) is 4.76. The molecule has 0 spiro atoms. The van der Waals surface area contributed by atoms with Crippen molar-refractivity contribution in [2.75, 3.05) is 18.5 Å². The molecule has 0 saturated carbocycles. The number of aliphatic imine (C=N–C) groups is 1. The Hall–Kier alpha value is -4.44. The van der Waals surface area contributed by atoms with Crippen LogP contribution in [0.5, 0.6) is 0 Å². The summed E-state index contributed by atoms with van der Waals surface area (Å²) in [7, 11) is 0. The molecule has 0 aliphatic carbocycles. The maximum Gasteiger partial charge on any atom is 0.338 e. The molecule has 9 nitrogen and oxygen atoms in total. The first kappa shape index (κ1) is 27.6. The van der Waals surface area contributed by atoms with Gasteiger partial charge in [0.2, 0.25) is 11.8 Å². The fourth-order valence-corrected chi connectivity index (χ4v) is 5.07. The van der Waals surface area contributed by atoms with Crippen LogP contribution in [0.15, 0.2) is 83.9 Å². The van der Waals surface area contributed by atoms with Crippen LogP contribution in [-0.2, 0) is 20.7 Å². The van der Waals surface area contributed by atoms with Crippen LogP contribution >= 0.6 is 11.8 Å². The first-order valence-corrected chi connectivity index (χ1v) is 13.2. The standard InChI is InChI=1S/C29H27N3O6S/c1-2-38-28(37)21-10-14-23(15-11-21)31-29-32(17-16-19-6-4-3-5-7-19)26(34)24(39-29)18-25(33)30-22-12-8-20(9-13-22)27(35)36/h3-15,24H,2,16-18H2,1H3,(H,30,33)(H,35,36)/t24-/m1/s1. The quantitative estimate of drug-likeness (QED) is 0.352. The van der Waals surface area contributed by atoms with Gasteiger partial charge in [-0.3, -0.25) is 14.5 Å². The number of benzene rings is 3. The molecule has 39 heavy (non-hydrogen) atoms. The molecule has 1 heterocycles. The fraction of sp³-hybridized carbons (Fsp3) is 0.207. The molecule has 0 unspecified atom stereocenters. The number of rotatable bonds is 10. The third-order valence-corrected chi connectivity index (χ3v) is 7.05. The molecule has 1 atom stereocenters. The first-order chi connectivity index (χ1) is 18.8. The number of hydrogen-bond acceptors (Lipinski definition) is 7. The molecule has 0 bridgehead atoms. The van der Waals surface area contributed by atoms with E-state index in [4.69, 9.17) is 9.84 Å². The van der Waals surface area contributed by atoms with Crippen molar-refractivity contribution >= 4 is 52.1 Å². The molecule has 3 aromatic rings. The zero-order chi connectivity index (χ0) is 27.8. The maximum absolute atomic E-state index is 13.4. The van der Waals surface area contributed by atoms with Crippen molar-refractivity contribution in [2.24, 2.45) is 4.99 Å². The van der Waals surface area contributed by atoms with Gasteiger partial charge in [-0.05, 0) is 67.4 Å². The van der Waals surface area contributed by atoms with Crippen molar-refractivity contribution in [2.45, 2.75) is 25.0 Å². The average molecular weight is 546 g/mol. The highest BCUT2D eigenvalue weighted by molar-refractivity contribution is 8.15. The van der Waals surface area contributed by atoms with E-state index in [1.807, 2.05) is 30.3 Å². The Kier molecular flexibility index (Phi) is 9.11. The molecular weight excluding hydrogens is 518 g/mol. The van der Waals surface area contributed by atoms with E-state index < -0.39 is 17.2 Å². The molecule has 1 aliphatic rings. The molecule has 0 aromatic heterocycles. The van der Waals surface area contributed by atoms with E-state index in [-0.39, 0.29) is 30.4 Å². The average Bonchev–Trinajstić information content (AvgIpc) is 3.21. The van der Waals surface area contributed by atoms with Crippen LogP contribution in [0.25, 0.3) is 0 Å². The van der Waals surface area contributed by atoms with E-state index in [1.54, 1.807) is 36.1 Å². The normalized spacial score (nSPS) is 15.8. The number of carboxylic acid groups (broad SMARTS) is 1. The molecule has 10 heteroatoms. The van der Waals surface area contributed by atoms with E-state index in [9.17, 15) is 19.2 Å². The number of esters is 1. The number of thioether (sulfide) groups is 1. The summed E-state index contributed by atoms with van der Waals surface area (Å²) in [6.07, 6.45) is 0.537. The van der Waals surface area contributed by atoms with Crippen molar-refractivity contribution in [3.8, 4) is 0 Å². The Bertz CT molecular complexity index is 1370. The Balaban J connectivity index is 1.49. The number of hydrogen-bond donors (Lipinski definition) is 2. The van der Waals surface area contributed by atoms with E-state index in [0.717, 1.165) is 5.56 Å². The first-order valence-electron chi connectivity index (χ1n) is 12.3. The Morgan fingerprint density at radius 3 is 2.28 bits per heavy atom. The Labute approximate surface area is 229 Å². The summed E-state index contributed by atoms with van der Waals surface area (Å²) in [5.41, 5.74) is 2.59. The second kappa shape index (κ2) is 12.9. The van der Waals surface area contributed by atoms with Gasteiger partial charge in [0.15, 0.2) is 5.17 Å². The smallest absolute Gasteiger partial charge is 0.338 e. The van der Waals surface area contributed by atoms with Gasteiger partial charge in [-0.25, -0.2) is 14.6 Å². The van der Waals surface area contributed by atoms with Gasteiger partial charge in [-0.2, -0.15) is 0 Å². The van der Waals surface area contributed by atoms with Gasteiger partial charge in [-0.1, -0.05) is 42.1 Å². The zero-order valence-corrected chi connectivity index (χ0v) is 22.0. The number of amides is 2. The minimum atomic E-state index is -1.06. The van der Waals surface area contributed by atoms with Crippen molar-refractivity contribution in [1.29, 1.82) is 0 Å². The van der Waals surface area contributed by atoms with Crippen molar-refractivity contribution in [3.05, 3.63) is 95.6 Å². The van der Waals surface area contributed by atoms with Crippen LogP contribution in [0.4, 0.5) is 11.4 Å². The van der Waals surface area contributed by atoms with Crippen LogP contribution in [0.3, 0.4) is 0 Å². The minimum absolute atomic E-state index is 0.0766. The molecule has 3 aromatic carbocycles. The highest BCUT2D eigenvalue weighted by atomic mass is 32.2. The van der Waals surface area contributed by atoms with Gasteiger partial charge < -0.3 is 15.2 Å². The fourth-order valence-electron chi connectivity index (χ4n) is 3.89. The molecule has 2 N–H and O–H groups in total. The largest absolute Gasteiger partial charge is 0.478 e. The Morgan fingerprint density at radius 2 is 1.64 bits per heavy atom. The molecule has 1 saturated heterocycles. The van der Waals surface area contributed by atoms with Gasteiger partial charge in [0.25, 0.3) is 0 Å². The highest BCUT2D eigenvalue weighted by Gasteiger charge is 2.39. The predicted molar refractivity (Wildman–Crippen MR) is 149 cm³/mol. The summed E-state index contributed by atoms with van der Waals surface area (Å²) >= 11 is 1.22. The second-order valence-corrected chi connectivity index (χ2v) is 9.80. The van der Waals surface area contributed by atoms with E-state index in [2.05, 4.69) is 10.3 Å². The number of carbonyl (C=O) groups is 4. The maximum atomic E-state index is 13.4. The number of carboxylic acids is 1. The summed E-state index contributed by atoms with van der Waals surface area (Å²) in [6, 6.07) is 22.2. The number of nitrogens with one attached hydrogen (secondary N) is 1. The lowest BCUT2D eigenvalue weighted by Crippen LogP contribution is -2.35. The van der Waals surface area contributed by atoms with Crippen molar-refractivity contribution < 1.29 is 29.0 Å². The zero-order valence-electron chi connectivity index (χ0n) is 21.2. The summed E-state index contributed by atoms with van der Waals surface area (Å²) in [5, 5.41) is 11.6. The monoisotopic (exact) mass is 545 g/mol. The molecule has 4 rings (SSSR count). The van der Waals surface area contributed by atoms with Crippen LogP contribution in [-0.4, -0.2) is 57.3 Å². The minimum Gasteiger partial charge on any atom is -0.478 e. The SMILES string of the molecule is CCOC(=O)c1ccc(N=C2S[C@H](CC(=O)Nc3ccc(C(=O)O)cc3)C(=O)N2CCc2ccccc2)cc1. The highest BCUT2D eigenvalue weighted by Crippen LogP contribution is 2.32. The van der Waals surface area contributed by atoms with Gasteiger partial charge in [0, 0.05) is 18.7 Å². The number of amidine groups is 1. The summed E-state index contributed by atoms with van der Waals surface area (Å²) in [6.45, 7) is 2.41. The number of nitrogens with zero attached hydrogens (tertiary/aromatic N) is 2. The second-order valence-electron chi connectivity index (χ2n) is 8.63. The lowest BCUT2D eigenvalue weighted by Gasteiger charge is -2.16. The van der Waals surface area contributed by atoms with Crippen LogP contribution in [0.1, 0.15) is 39.6 Å². The molecule has 1 aliphatic heterocycles. The third-order valence-electron chi connectivity index (χ3n) is 5.88. The van der Waals surface area contributed by atoms with Gasteiger partial charge >= 0.3 is 11.9 Å². The number of carbonyl (C=O) groups excluding carboxylic acids is 3. The van der Waals surface area contributed by atoms with Crippen LogP contribution in [0, 0.1) is 0 Å². The van der Waals surface area contributed by atoms with Gasteiger partial charge in [0.05, 0.1) is 23.4 Å². The topological polar surface area (TPSA) is 125 Å². The van der Waals surface area contributed by atoms with Crippen molar-refractivity contribution in [1.82, 2.24) is 4.90 Å². The molecule has 1 fully saturated rings. The van der Waals surface area contributed by atoms with Gasteiger partial charge in [0.1, 0.15) is 5.25 Å².